The number of benzene rings is 4. The zero-order valence-corrected chi connectivity index (χ0v) is 28.2. The maximum atomic E-state index is 13.0. The number of carbonyl (C=O) groups is 2. The largest absolute Gasteiger partial charge is 0.478 e. The number of hydrogen-bond donors (Lipinski definition) is 3. The monoisotopic (exact) mass is 698 g/mol. The molecule has 4 aromatic carbocycles. The summed E-state index contributed by atoms with van der Waals surface area (Å²) >= 11 is 1.35. The first-order chi connectivity index (χ1) is 24.9. The maximum absolute atomic E-state index is 13.0. The number of nitrogens with one attached hydrogen (secondary N) is 1. The van der Waals surface area contributed by atoms with Gasteiger partial charge >= 0.3 is 5.97 Å². The van der Waals surface area contributed by atoms with Gasteiger partial charge in [0.1, 0.15) is 10.7 Å². The van der Waals surface area contributed by atoms with E-state index in [0.717, 1.165) is 38.9 Å². The lowest BCUT2D eigenvalue weighted by Gasteiger charge is -2.36. The summed E-state index contributed by atoms with van der Waals surface area (Å²) in [6, 6.07) is 34.1. The number of aliphatic hydroxyl groups excluding tert-OH is 1. The van der Waals surface area contributed by atoms with Crippen LogP contribution in [0.25, 0.3) is 22.2 Å². The van der Waals surface area contributed by atoms with Crippen molar-refractivity contribution in [1.82, 2.24) is 20.3 Å². The lowest BCUT2D eigenvalue weighted by atomic mass is 9.97. The summed E-state index contributed by atoms with van der Waals surface area (Å²) in [5.41, 5.74) is 7.27. The maximum Gasteiger partial charge on any atom is 0.338 e. The molecule has 1 amide bonds. The molecule has 0 bridgehead atoms. The summed E-state index contributed by atoms with van der Waals surface area (Å²) in [5, 5.41) is 22.6. The zero-order chi connectivity index (χ0) is 35.2. The number of carboxylic acid groups (broad SMARTS) is 1. The van der Waals surface area contributed by atoms with E-state index in [2.05, 4.69) is 20.3 Å². The Kier molecular flexibility index (Phi) is 10.4. The van der Waals surface area contributed by atoms with E-state index >= 15 is 0 Å². The first-order valence-electron chi connectivity index (χ1n) is 16.4. The normalized spacial score (nSPS) is 17.2. The second kappa shape index (κ2) is 15.6. The first kappa shape index (κ1) is 34.0. The SMILES string of the molecule is O=C(NCc1ccccc1-c1ccc([C@H]2O[C@@H](CSc3ncccc3C(=O)O)C[C@@H](c3ccc(CO)cc3)O2)cc1)c1cnc2ccccc2n1. The van der Waals surface area contributed by atoms with Crippen LogP contribution in [0.2, 0.25) is 0 Å². The molecule has 10 nitrogen and oxygen atoms in total. The Morgan fingerprint density at radius 1 is 0.824 bits per heavy atom. The molecule has 0 saturated carbocycles. The molecule has 0 aliphatic carbocycles. The molecular weight excluding hydrogens is 665 g/mol. The van der Waals surface area contributed by atoms with Gasteiger partial charge < -0.3 is 25.0 Å². The number of carbonyl (C=O) groups excluding carboxylic acids is 1. The molecule has 0 unspecified atom stereocenters. The average molecular weight is 699 g/mol. The Bertz CT molecular complexity index is 2160. The Labute approximate surface area is 298 Å². The van der Waals surface area contributed by atoms with Crippen LogP contribution in [-0.4, -0.2) is 48.9 Å². The Balaban J connectivity index is 1.08. The molecule has 1 aliphatic heterocycles. The van der Waals surface area contributed by atoms with E-state index in [1.54, 1.807) is 18.3 Å². The molecule has 6 aromatic rings. The van der Waals surface area contributed by atoms with E-state index in [-0.39, 0.29) is 36.0 Å². The highest BCUT2D eigenvalue weighted by molar-refractivity contribution is 7.99. The minimum Gasteiger partial charge on any atom is -0.478 e. The minimum atomic E-state index is -1.03. The number of nitrogens with zero attached hydrogens (tertiary/aromatic N) is 3. The number of aromatic nitrogens is 3. The van der Waals surface area contributed by atoms with Crippen LogP contribution < -0.4 is 5.32 Å². The fourth-order valence-electron chi connectivity index (χ4n) is 5.97. The van der Waals surface area contributed by atoms with Crippen molar-refractivity contribution in [2.24, 2.45) is 0 Å². The Morgan fingerprint density at radius 2 is 1.57 bits per heavy atom. The second-order valence-corrected chi connectivity index (χ2v) is 13.0. The van der Waals surface area contributed by atoms with E-state index in [1.165, 1.54) is 18.0 Å². The summed E-state index contributed by atoms with van der Waals surface area (Å²) in [7, 11) is 0. The molecule has 1 aliphatic rings. The van der Waals surface area contributed by atoms with Crippen LogP contribution in [0.3, 0.4) is 0 Å². The molecule has 1 fully saturated rings. The van der Waals surface area contributed by atoms with Crippen molar-refractivity contribution in [3.8, 4) is 11.1 Å². The number of hydrogen-bond acceptors (Lipinski definition) is 9. The van der Waals surface area contributed by atoms with Crippen molar-refractivity contribution in [2.75, 3.05) is 5.75 Å². The predicted octanol–water partition coefficient (Wildman–Crippen LogP) is 7.15. The van der Waals surface area contributed by atoms with E-state index in [1.807, 2.05) is 97.1 Å². The highest BCUT2D eigenvalue weighted by atomic mass is 32.2. The number of para-hydroxylation sites is 2. The molecule has 256 valence electrons. The number of fused-ring (bicyclic) bond motifs is 1. The standard InChI is InChI=1S/C40H34N4O6S/c45-23-25-11-13-27(14-12-25)36-20-30(24-51-38-32(39(47)48)8-5-19-41-38)49-40(50-36)28-17-15-26(16-18-28)31-7-2-1-6-29(31)21-43-37(46)35-22-42-33-9-3-4-10-34(33)44-35/h1-19,22,30,36,40,45H,20-21,23-24H2,(H,43,46)(H,47,48)/t30-,36+,40+/m1/s1. The lowest BCUT2D eigenvalue weighted by molar-refractivity contribution is -0.245. The third kappa shape index (κ3) is 7.97. The fourth-order valence-corrected chi connectivity index (χ4v) is 6.98. The number of aliphatic hydroxyl groups is 1. The molecular formula is C40H34N4O6S. The fraction of sp³-hybridized carbons (Fsp3) is 0.175. The molecule has 7 rings (SSSR count). The van der Waals surface area contributed by atoms with Crippen LogP contribution in [0, 0.1) is 0 Å². The molecule has 2 aromatic heterocycles. The Hall–Kier alpha value is -5.46. The molecule has 1 saturated heterocycles. The second-order valence-electron chi connectivity index (χ2n) is 12.0. The third-order valence-corrected chi connectivity index (χ3v) is 9.79. The molecule has 3 N–H and O–H groups in total. The molecule has 3 atom stereocenters. The topological polar surface area (TPSA) is 144 Å². The number of thioether (sulfide) groups is 1. The zero-order valence-electron chi connectivity index (χ0n) is 27.4. The number of ether oxygens (including phenoxy) is 2. The van der Waals surface area contributed by atoms with Crippen LogP contribution in [0.1, 0.15) is 61.9 Å². The van der Waals surface area contributed by atoms with Crippen LogP contribution in [0.5, 0.6) is 0 Å². The van der Waals surface area contributed by atoms with Gasteiger partial charge in [0.15, 0.2) is 6.29 Å². The Morgan fingerprint density at radius 3 is 2.35 bits per heavy atom. The average Bonchev–Trinajstić information content (AvgIpc) is 3.19. The van der Waals surface area contributed by atoms with Crippen molar-refractivity contribution in [2.45, 2.75) is 43.1 Å². The molecule has 51 heavy (non-hydrogen) atoms. The van der Waals surface area contributed by atoms with E-state index < -0.39 is 12.3 Å². The van der Waals surface area contributed by atoms with Crippen LogP contribution in [0.15, 0.2) is 127 Å². The summed E-state index contributed by atoms with van der Waals surface area (Å²) in [4.78, 5) is 37.9. The van der Waals surface area contributed by atoms with Gasteiger partial charge in [-0.05, 0) is 52.1 Å². The summed E-state index contributed by atoms with van der Waals surface area (Å²) in [6.07, 6.45) is 2.39. The first-order valence-corrected chi connectivity index (χ1v) is 17.4. The quantitative estimate of drug-likeness (QED) is 0.119. The van der Waals surface area contributed by atoms with E-state index in [9.17, 15) is 19.8 Å². The van der Waals surface area contributed by atoms with Crippen LogP contribution in [0.4, 0.5) is 0 Å². The number of aromatic carboxylic acids is 1. The molecule has 3 heterocycles. The van der Waals surface area contributed by atoms with Gasteiger partial charge in [-0.25, -0.2) is 14.8 Å². The van der Waals surface area contributed by atoms with Crippen molar-refractivity contribution >= 4 is 34.7 Å². The highest BCUT2D eigenvalue weighted by Crippen LogP contribution is 2.40. The van der Waals surface area contributed by atoms with Crippen molar-refractivity contribution in [1.29, 1.82) is 0 Å². The van der Waals surface area contributed by atoms with Gasteiger partial charge in [-0.1, -0.05) is 84.9 Å². The smallest absolute Gasteiger partial charge is 0.338 e. The minimum absolute atomic E-state index is 0.0478. The lowest BCUT2D eigenvalue weighted by Crippen LogP contribution is -2.31. The van der Waals surface area contributed by atoms with Crippen LogP contribution >= 0.6 is 11.8 Å². The van der Waals surface area contributed by atoms with E-state index in [4.69, 9.17) is 9.47 Å². The van der Waals surface area contributed by atoms with Gasteiger partial charge in [-0.15, -0.1) is 11.8 Å². The predicted molar refractivity (Wildman–Crippen MR) is 193 cm³/mol. The molecule has 0 radical (unpaired) electrons. The molecule has 11 heteroatoms. The van der Waals surface area contributed by atoms with Crippen molar-refractivity contribution in [3.05, 3.63) is 155 Å². The summed E-state index contributed by atoms with van der Waals surface area (Å²) < 4.78 is 13.0. The number of pyridine rings is 1. The van der Waals surface area contributed by atoms with Gasteiger partial charge in [0, 0.05) is 30.5 Å². The van der Waals surface area contributed by atoms with E-state index in [0.29, 0.717) is 29.3 Å². The third-order valence-electron chi connectivity index (χ3n) is 8.65. The number of carboxylic acids is 1. The number of rotatable bonds is 11. The highest BCUT2D eigenvalue weighted by Gasteiger charge is 2.32. The van der Waals surface area contributed by atoms with Gasteiger partial charge in [0.25, 0.3) is 5.91 Å². The van der Waals surface area contributed by atoms with Crippen molar-refractivity contribution < 1.29 is 29.3 Å². The van der Waals surface area contributed by atoms with Gasteiger partial charge in [0.2, 0.25) is 0 Å². The molecule has 0 spiro atoms. The van der Waals surface area contributed by atoms with Gasteiger partial charge in [0.05, 0.1) is 41.6 Å². The summed E-state index contributed by atoms with van der Waals surface area (Å²) in [6.45, 7) is 0.254. The van der Waals surface area contributed by atoms with Gasteiger partial charge in [-0.3, -0.25) is 9.78 Å². The van der Waals surface area contributed by atoms with Gasteiger partial charge in [-0.2, -0.15) is 0 Å². The summed E-state index contributed by atoms with van der Waals surface area (Å²) in [5.74, 6) is -0.855. The van der Waals surface area contributed by atoms with Crippen LogP contribution in [-0.2, 0) is 22.6 Å². The van der Waals surface area contributed by atoms with Crippen molar-refractivity contribution in [3.63, 3.8) is 0 Å². The number of amides is 1.